The number of amides is 1. The van der Waals surface area contributed by atoms with Gasteiger partial charge in [0.25, 0.3) is 0 Å². The van der Waals surface area contributed by atoms with Gasteiger partial charge in [-0.15, -0.1) is 11.3 Å². The first-order valence-corrected chi connectivity index (χ1v) is 8.49. The van der Waals surface area contributed by atoms with Crippen molar-refractivity contribution in [3.05, 3.63) is 59.1 Å². The number of para-hydroxylation sites is 1. The van der Waals surface area contributed by atoms with Crippen LogP contribution in [0.25, 0.3) is 21.9 Å². The van der Waals surface area contributed by atoms with E-state index < -0.39 is 5.97 Å². The van der Waals surface area contributed by atoms with E-state index in [0.29, 0.717) is 16.3 Å². The molecule has 5 nitrogen and oxygen atoms in total. The van der Waals surface area contributed by atoms with E-state index >= 15 is 0 Å². The van der Waals surface area contributed by atoms with Crippen molar-refractivity contribution in [2.45, 2.75) is 13.3 Å². The number of aliphatic carboxylic acids is 1. The van der Waals surface area contributed by atoms with Crippen LogP contribution in [0.1, 0.15) is 23.9 Å². The summed E-state index contributed by atoms with van der Waals surface area (Å²) in [7, 11) is 0. The van der Waals surface area contributed by atoms with Gasteiger partial charge in [0.2, 0.25) is 5.91 Å². The minimum atomic E-state index is -0.902. The first kappa shape index (κ1) is 16.9. The lowest BCUT2D eigenvalue weighted by atomic mass is 10.1. The molecule has 0 aliphatic rings. The van der Waals surface area contributed by atoms with Crippen LogP contribution in [0.15, 0.2) is 48.5 Å². The zero-order chi connectivity index (χ0) is 17.8. The maximum atomic E-state index is 11.3. The second-order valence-corrected chi connectivity index (χ2v) is 6.56. The predicted octanol–water partition coefficient (Wildman–Crippen LogP) is 4.27. The van der Waals surface area contributed by atoms with Crippen molar-refractivity contribution >= 4 is 50.8 Å². The number of anilines is 1. The number of carbonyl (C=O) groups is 2. The number of thiazole rings is 1. The van der Waals surface area contributed by atoms with Crippen LogP contribution < -0.4 is 5.32 Å². The summed E-state index contributed by atoms with van der Waals surface area (Å²) in [6.07, 6.45) is 1.72. The van der Waals surface area contributed by atoms with E-state index in [2.05, 4.69) is 10.3 Å². The van der Waals surface area contributed by atoms with Gasteiger partial charge >= 0.3 is 5.97 Å². The maximum Gasteiger partial charge on any atom is 0.307 e. The van der Waals surface area contributed by atoms with Gasteiger partial charge in [-0.05, 0) is 41.5 Å². The van der Waals surface area contributed by atoms with E-state index in [0.717, 1.165) is 15.8 Å². The summed E-state index contributed by atoms with van der Waals surface area (Å²) in [4.78, 5) is 26.9. The molecule has 0 aliphatic carbocycles. The molecule has 2 aromatic carbocycles. The number of carboxylic acid groups (broad SMARTS) is 1. The van der Waals surface area contributed by atoms with Crippen LogP contribution >= 0.6 is 11.3 Å². The molecular weight excluding hydrogens is 336 g/mol. The van der Waals surface area contributed by atoms with Crippen LogP contribution in [-0.4, -0.2) is 22.0 Å². The fraction of sp³-hybridized carbons (Fsp3) is 0.105. The Hall–Kier alpha value is -2.99. The molecule has 1 aromatic heterocycles. The van der Waals surface area contributed by atoms with E-state index in [1.54, 1.807) is 12.1 Å². The number of nitrogens with one attached hydrogen (secondary N) is 1. The van der Waals surface area contributed by atoms with Crippen LogP contribution in [0, 0.1) is 0 Å². The van der Waals surface area contributed by atoms with Crippen LogP contribution in [0.4, 0.5) is 5.69 Å². The summed E-state index contributed by atoms with van der Waals surface area (Å²) in [6, 6.07) is 15.0. The second-order valence-electron chi connectivity index (χ2n) is 5.53. The molecular formula is C19H16N2O3S. The third-order valence-corrected chi connectivity index (χ3v) is 4.59. The number of nitrogens with zero attached hydrogens (tertiary/aromatic N) is 1. The van der Waals surface area contributed by atoms with Gasteiger partial charge in [-0.3, -0.25) is 9.59 Å². The predicted molar refractivity (Wildman–Crippen MR) is 100 cm³/mol. The lowest BCUT2D eigenvalue weighted by Crippen LogP contribution is -2.05. The first-order valence-electron chi connectivity index (χ1n) is 7.67. The van der Waals surface area contributed by atoms with Crippen LogP contribution in [0.5, 0.6) is 0 Å². The van der Waals surface area contributed by atoms with E-state index in [9.17, 15) is 14.7 Å². The SMILES string of the molecule is CC(=O)Nc1ccc(/C=C(\CC(=O)O)c2nc3ccccc3s2)cc1. The lowest BCUT2D eigenvalue weighted by molar-refractivity contribution is -0.135. The smallest absolute Gasteiger partial charge is 0.307 e. The third kappa shape index (κ3) is 4.30. The minimum absolute atomic E-state index is 0.104. The summed E-state index contributed by atoms with van der Waals surface area (Å²) < 4.78 is 1.02. The Balaban J connectivity index is 1.95. The Bertz CT molecular complexity index is 925. The fourth-order valence-electron chi connectivity index (χ4n) is 2.43. The van der Waals surface area contributed by atoms with E-state index in [1.807, 2.05) is 42.5 Å². The van der Waals surface area contributed by atoms with Crippen molar-refractivity contribution in [3.8, 4) is 0 Å². The number of rotatable bonds is 5. The van der Waals surface area contributed by atoms with Gasteiger partial charge in [0, 0.05) is 12.6 Å². The zero-order valence-electron chi connectivity index (χ0n) is 13.5. The number of carbonyl (C=O) groups excluding carboxylic acids is 1. The molecule has 0 radical (unpaired) electrons. The largest absolute Gasteiger partial charge is 0.481 e. The van der Waals surface area contributed by atoms with Gasteiger partial charge in [0.05, 0.1) is 16.6 Å². The van der Waals surface area contributed by atoms with E-state index in [1.165, 1.54) is 18.3 Å². The van der Waals surface area contributed by atoms with Crippen LogP contribution in [0.2, 0.25) is 0 Å². The standard InChI is InChI=1S/C19H16N2O3S/c1-12(22)20-15-8-6-13(7-9-15)10-14(11-18(23)24)19-21-16-4-2-3-5-17(16)25-19/h2-10H,11H2,1H3,(H,20,22)(H,23,24)/b14-10+. The van der Waals surface area contributed by atoms with Crippen LogP contribution in [-0.2, 0) is 9.59 Å². The van der Waals surface area contributed by atoms with Gasteiger partial charge in [-0.1, -0.05) is 24.3 Å². The van der Waals surface area contributed by atoms with Gasteiger partial charge < -0.3 is 10.4 Å². The highest BCUT2D eigenvalue weighted by Crippen LogP contribution is 2.30. The summed E-state index contributed by atoms with van der Waals surface area (Å²) in [5, 5.41) is 12.6. The van der Waals surface area contributed by atoms with Crippen molar-refractivity contribution in [1.82, 2.24) is 4.98 Å². The molecule has 0 spiro atoms. The van der Waals surface area contributed by atoms with Gasteiger partial charge in [0.15, 0.2) is 0 Å². The van der Waals surface area contributed by atoms with Gasteiger partial charge in [-0.2, -0.15) is 0 Å². The highest BCUT2D eigenvalue weighted by atomic mass is 32.1. The quantitative estimate of drug-likeness (QED) is 0.719. The third-order valence-electron chi connectivity index (χ3n) is 3.48. The topological polar surface area (TPSA) is 79.3 Å². The highest BCUT2D eigenvalue weighted by molar-refractivity contribution is 7.19. The average Bonchev–Trinajstić information content (AvgIpc) is 2.99. The summed E-state index contributed by atoms with van der Waals surface area (Å²) >= 11 is 1.48. The second kappa shape index (κ2) is 7.27. The van der Waals surface area contributed by atoms with Crippen molar-refractivity contribution < 1.29 is 14.7 Å². The summed E-state index contributed by atoms with van der Waals surface area (Å²) in [6.45, 7) is 1.45. The normalized spacial score (nSPS) is 11.5. The molecule has 0 unspecified atom stereocenters. The van der Waals surface area contributed by atoms with E-state index in [-0.39, 0.29) is 12.3 Å². The molecule has 1 amide bonds. The number of aromatic nitrogens is 1. The summed E-state index contributed by atoms with van der Waals surface area (Å²) in [5.74, 6) is -1.04. The van der Waals surface area contributed by atoms with Gasteiger partial charge in [0.1, 0.15) is 5.01 Å². The Labute approximate surface area is 148 Å². The number of hydrogen-bond donors (Lipinski definition) is 2. The number of carboxylic acids is 1. The molecule has 0 saturated carbocycles. The molecule has 25 heavy (non-hydrogen) atoms. The van der Waals surface area contributed by atoms with E-state index in [4.69, 9.17) is 0 Å². The molecule has 0 fully saturated rings. The maximum absolute atomic E-state index is 11.3. The van der Waals surface area contributed by atoms with Crippen LogP contribution in [0.3, 0.4) is 0 Å². The number of benzene rings is 2. The Morgan fingerprint density at radius 2 is 1.88 bits per heavy atom. The van der Waals surface area contributed by atoms with Crippen molar-refractivity contribution in [1.29, 1.82) is 0 Å². The fourth-order valence-corrected chi connectivity index (χ4v) is 3.41. The molecule has 126 valence electrons. The van der Waals surface area contributed by atoms with Crippen molar-refractivity contribution in [2.24, 2.45) is 0 Å². The molecule has 3 rings (SSSR count). The van der Waals surface area contributed by atoms with Gasteiger partial charge in [-0.25, -0.2) is 4.98 Å². The monoisotopic (exact) mass is 352 g/mol. The Kier molecular flexibility index (Phi) is 4.90. The molecule has 0 saturated heterocycles. The average molecular weight is 352 g/mol. The number of fused-ring (bicyclic) bond motifs is 1. The Morgan fingerprint density at radius 3 is 2.52 bits per heavy atom. The Morgan fingerprint density at radius 1 is 1.16 bits per heavy atom. The molecule has 2 N–H and O–H groups in total. The minimum Gasteiger partial charge on any atom is -0.481 e. The molecule has 0 bridgehead atoms. The molecule has 0 atom stereocenters. The molecule has 6 heteroatoms. The van der Waals surface area contributed by atoms with Crippen molar-refractivity contribution in [2.75, 3.05) is 5.32 Å². The number of hydrogen-bond acceptors (Lipinski definition) is 4. The highest BCUT2D eigenvalue weighted by Gasteiger charge is 2.12. The molecule has 1 heterocycles. The molecule has 3 aromatic rings. The first-order chi connectivity index (χ1) is 12.0. The summed E-state index contributed by atoms with van der Waals surface area (Å²) in [5.41, 5.74) is 3.06. The van der Waals surface area contributed by atoms with Crippen molar-refractivity contribution in [3.63, 3.8) is 0 Å². The zero-order valence-corrected chi connectivity index (χ0v) is 14.3. The lowest BCUT2D eigenvalue weighted by Gasteiger charge is -2.04. The molecule has 0 aliphatic heterocycles.